The lowest BCUT2D eigenvalue weighted by Gasteiger charge is -2.17. The highest BCUT2D eigenvalue weighted by Gasteiger charge is 2.16. The fourth-order valence-corrected chi connectivity index (χ4v) is 2.35. The Kier molecular flexibility index (Phi) is 6.85. The molecule has 2 N–H and O–H groups in total. The van der Waals surface area contributed by atoms with Gasteiger partial charge in [0.25, 0.3) is 10.2 Å². The van der Waals surface area contributed by atoms with E-state index in [4.69, 9.17) is 0 Å². The lowest BCUT2D eigenvalue weighted by atomic mass is 10.4. The molecule has 0 atom stereocenters. The quantitative estimate of drug-likeness (QED) is 0.611. The second kappa shape index (κ2) is 8.16. The van der Waals surface area contributed by atoms with Crippen molar-refractivity contribution in [1.29, 1.82) is 0 Å². The molecular formula is C11H21N5O2S. The van der Waals surface area contributed by atoms with Crippen molar-refractivity contribution in [1.82, 2.24) is 24.5 Å². The second-order valence-corrected chi connectivity index (χ2v) is 5.93. The minimum atomic E-state index is -3.46. The third-order valence-corrected chi connectivity index (χ3v) is 4.06. The summed E-state index contributed by atoms with van der Waals surface area (Å²) in [4.78, 5) is 0. The van der Waals surface area contributed by atoms with Gasteiger partial charge in [0.05, 0.1) is 12.2 Å². The maximum atomic E-state index is 11.9. The Morgan fingerprint density at radius 1 is 1.42 bits per heavy atom. The molecule has 0 aliphatic heterocycles. The summed E-state index contributed by atoms with van der Waals surface area (Å²) < 4.78 is 27.6. The van der Waals surface area contributed by atoms with Crippen LogP contribution >= 0.6 is 0 Å². The van der Waals surface area contributed by atoms with Gasteiger partial charge in [-0.05, 0) is 31.6 Å². The second-order valence-electron chi connectivity index (χ2n) is 4.07. The zero-order valence-electron chi connectivity index (χ0n) is 11.3. The van der Waals surface area contributed by atoms with Crippen LogP contribution in [-0.2, 0) is 16.8 Å². The molecule has 0 saturated carbocycles. The van der Waals surface area contributed by atoms with Gasteiger partial charge in [-0.1, -0.05) is 6.92 Å². The Labute approximate surface area is 114 Å². The maximum Gasteiger partial charge on any atom is 0.279 e. The first kappa shape index (κ1) is 16.0. The number of hydrogen-bond donors (Lipinski definition) is 2. The standard InChI is InChI=1S/C11H21N5O2S/c1-3-12-7-5-9-16(2)19(17,18)14-10-11-6-4-8-13-15-11/h4,6,8,12,14H,3,5,7,9-10H2,1-2H3. The molecule has 0 radical (unpaired) electrons. The van der Waals surface area contributed by atoms with E-state index in [1.165, 1.54) is 4.31 Å². The average molecular weight is 287 g/mol. The van der Waals surface area contributed by atoms with Crippen LogP contribution in [0.5, 0.6) is 0 Å². The molecular weight excluding hydrogens is 266 g/mol. The predicted octanol–water partition coefficient (Wildman–Crippen LogP) is -0.258. The summed E-state index contributed by atoms with van der Waals surface area (Å²) in [6.45, 7) is 4.33. The Morgan fingerprint density at radius 2 is 2.21 bits per heavy atom. The number of nitrogens with zero attached hydrogens (tertiary/aromatic N) is 3. The van der Waals surface area contributed by atoms with Crippen LogP contribution in [0, 0.1) is 0 Å². The van der Waals surface area contributed by atoms with E-state index in [9.17, 15) is 8.42 Å². The molecule has 8 heteroatoms. The van der Waals surface area contributed by atoms with Crippen LogP contribution < -0.4 is 10.0 Å². The summed E-state index contributed by atoms with van der Waals surface area (Å²) in [5, 5.41) is 10.7. The van der Waals surface area contributed by atoms with E-state index in [0.717, 1.165) is 19.5 Å². The molecule has 1 heterocycles. The van der Waals surface area contributed by atoms with Crippen LogP contribution in [0.25, 0.3) is 0 Å². The van der Waals surface area contributed by atoms with Gasteiger partial charge < -0.3 is 5.32 Å². The first-order chi connectivity index (χ1) is 9.06. The first-order valence-electron chi connectivity index (χ1n) is 6.24. The summed E-state index contributed by atoms with van der Waals surface area (Å²) in [6, 6.07) is 3.44. The summed E-state index contributed by atoms with van der Waals surface area (Å²) in [7, 11) is -1.90. The van der Waals surface area contributed by atoms with Gasteiger partial charge in [-0.2, -0.15) is 27.6 Å². The number of rotatable bonds is 9. The lowest BCUT2D eigenvalue weighted by molar-refractivity contribution is 0.445. The van der Waals surface area contributed by atoms with Gasteiger partial charge in [0.1, 0.15) is 0 Å². The van der Waals surface area contributed by atoms with Crippen LogP contribution in [0.3, 0.4) is 0 Å². The molecule has 1 rings (SSSR count). The highest BCUT2D eigenvalue weighted by atomic mass is 32.2. The molecule has 7 nitrogen and oxygen atoms in total. The highest BCUT2D eigenvalue weighted by molar-refractivity contribution is 7.87. The van der Waals surface area contributed by atoms with Crippen molar-refractivity contribution in [2.75, 3.05) is 26.7 Å². The Balaban J connectivity index is 2.38. The van der Waals surface area contributed by atoms with E-state index in [2.05, 4.69) is 20.2 Å². The van der Waals surface area contributed by atoms with Crippen LogP contribution in [0.1, 0.15) is 19.0 Å². The molecule has 108 valence electrons. The highest BCUT2D eigenvalue weighted by Crippen LogP contribution is 1.98. The minimum Gasteiger partial charge on any atom is -0.317 e. The van der Waals surface area contributed by atoms with Crippen LogP contribution in [0.15, 0.2) is 18.3 Å². The van der Waals surface area contributed by atoms with Crippen molar-refractivity contribution < 1.29 is 8.42 Å². The number of aromatic nitrogens is 2. The smallest absolute Gasteiger partial charge is 0.279 e. The maximum absolute atomic E-state index is 11.9. The normalized spacial score (nSPS) is 11.9. The molecule has 0 aliphatic rings. The van der Waals surface area contributed by atoms with Crippen molar-refractivity contribution in [2.45, 2.75) is 19.9 Å². The first-order valence-corrected chi connectivity index (χ1v) is 7.68. The third kappa shape index (κ3) is 6.06. The van der Waals surface area contributed by atoms with Crippen molar-refractivity contribution in [3.8, 4) is 0 Å². The summed E-state index contributed by atoms with van der Waals surface area (Å²) in [6.07, 6.45) is 2.32. The molecule has 0 amide bonds. The monoisotopic (exact) mass is 287 g/mol. The van der Waals surface area contributed by atoms with Crippen molar-refractivity contribution in [3.63, 3.8) is 0 Å². The van der Waals surface area contributed by atoms with Crippen LogP contribution in [0.2, 0.25) is 0 Å². The topological polar surface area (TPSA) is 87.2 Å². The van der Waals surface area contributed by atoms with Crippen molar-refractivity contribution in [3.05, 3.63) is 24.0 Å². The van der Waals surface area contributed by atoms with Gasteiger partial charge in [0.2, 0.25) is 0 Å². The molecule has 0 bridgehead atoms. The van der Waals surface area contributed by atoms with E-state index < -0.39 is 10.2 Å². The minimum absolute atomic E-state index is 0.147. The van der Waals surface area contributed by atoms with Gasteiger partial charge in [0, 0.05) is 19.8 Å². The Bertz CT molecular complexity index is 451. The van der Waals surface area contributed by atoms with Gasteiger partial charge >= 0.3 is 0 Å². The Morgan fingerprint density at radius 3 is 2.84 bits per heavy atom. The fourth-order valence-electron chi connectivity index (χ4n) is 1.43. The summed E-state index contributed by atoms with van der Waals surface area (Å²) in [5.74, 6) is 0. The van der Waals surface area contributed by atoms with E-state index in [-0.39, 0.29) is 6.54 Å². The van der Waals surface area contributed by atoms with Gasteiger partial charge in [0.15, 0.2) is 0 Å². The van der Waals surface area contributed by atoms with Gasteiger partial charge in [-0.15, -0.1) is 0 Å². The molecule has 0 spiro atoms. The molecule has 19 heavy (non-hydrogen) atoms. The van der Waals surface area contributed by atoms with E-state index in [1.807, 2.05) is 6.92 Å². The van der Waals surface area contributed by atoms with E-state index in [1.54, 1.807) is 25.4 Å². The molecule has 0 fully saturated rings. The van der Waals surface area contributed by atoms with Gasteiger partial charge in [-0.25, -0.2) is 0 Å². The molecule has 0 unspecified atom stereocenters. The van der Waals surface area contributed by atoms with E-state index in [0.29, 0.717) is 12.2 Å². The van der Waals surface area contributed by atoms with Crippen LogP contribution in [0.4, 0.5) is 0 Å². The van der Waals surface area contributed by atoms with Crippen molar-refractivity contribution in [2.24, 2.45) is 0 Å². The molecule has 0 aromatic carbocycles. The number of hydrogen-bond acceptors (Lipinski definition) is 5. The molecule has 1 aromatic heterocycles. The molecule has 0 aliphatic carbocycles. The zero-order chi connectivity index (χ0) is 14.1. The van der Waals surface area contributed by atoms with Crippen LogP contribution in [-0.4, -0.2) is 49.6 Å². The Hall–Kier alpha value is -1.09. The van der Waals surface area contributed by atoms with Gasteiger partial charge in [-0.3, -0.25) is 0 Å². The number of nitrogens with one attached hydrogen (secondary N) is 2. The van der Waals surface area contributed by atoms with E-state index >= 15 is 0 Å². The summed E-state index contributed by atoms with van der Waals surface area (Å²) >= 11 is 0. The zero-order valence-corrected chi connectivity index (χ0v) is 12.2. The SMILES string of the molecule is CCNCCCN(C)S(=O)(=O)NCc1cccnn1. The fraction of sp³-hybridized carbons (Fsp3) is 0.636. The lowest BCUT2D eigenvalue weighted by Crippen LogP contribution is -2.39. The molecule has 1 aromatic rings. The third-order valence-electron chi connectivity index (χ3n) is 2.55. The summed E-state index contributed by atoms with van der Waals surface area (Å²) in [5.41, 5.74) is 0.590. The molecule has 0 saturated heterocycles. The largest absolute Gasteiger partial charge is 0.317 e. The van der Waals surface area contributed by atoms with Crippen molar-refractivity contribution >= 4 is 10.2 Å². The average Bonchev–Trinajstić information content (AvgIpc) is 2.42. The predicted molar refractivity (Wildman–Crippen MR) is 73.6 cm³/mol.